The fourth-order valence-corrected chi connectivity index (χ4v) is 3.70. The lowest BCUT2D eigenvalue weighted by Crippen LogP contribution is -2.58. The lowest BCUT2D eigenvalue weighted by Gasteiger charge is -2.47. The summed E-state index contributed by atoms with van der Waals surface area (Å²) in [7, 11) is 0. The van der Waals surface area contributed by atoms with Crippen molar-refractivity contribution < 1.29 is 13.5 Å². The average Bonchev–Trinajstić information content (AvgIpc) is 2.83. The summed E-state index contributed by atoms with van der Waals surface area (Å²) in [6.45, 7) is 5.62. The first-order chi connectivity index (χ1) is 10.0. The van der Waals surface area contributed by atoms with Gasteiger partial charge in [0.2, 0.25) is 5.92 Å². The van der Waals surface area contributed by atoms with Gasteiger partial charge in [0.1, 0.15) is 0 Å². The number of aryl methyl sites for hydroxylation is 1. The quantitative estimate of drug-likeness (QED) is 0.858. The molecule has 2 aliphatic heterocycles. The van der Waals surface area contributed by atoms with Crippen LogP contribution in [0.2, 0.25) is 0 Å². The SMILES string of the molecule is Cc1cc(C2CN(C3COC3)C2)n(C2CCC(F)(F)C2)n1. The first kappa shape index (κ1) is 13.6. The van der Waals surface area contributed by atoms with E-state index in [0.717, 1.165) is 37.7 Å². The van der Waals surface area contributed by atoms with Gasteiger partial charge in [-0.15, -0.1) is 0 Å². The summed E-state index contributed by atoms with van der Waals surface area (Å²) in [4.78, 5) is 2.42. The lowest BCUT2D eigenvalue weighted by atomic mass is 9.93. The first-order valence-corrected chi connectivity index (χ1v) is 7.77. The van der Waals surface area contributed by atoms with Crippen LogP contribution in [0.4, 0.5) is 8.78 Å². The molecule has 0 aromatic carbocycles. The third kappa shape index (κ3) is 2.38. The number of alkyl halides is 2. The summed E-state index contributed by atoms with van der Waals surface area (Å²) in [5, 5.41) is 4.51. The van der Waals surface area contributed by atoms with Crippen molar-refractivity contribution in [1.29, 1.82) is 0 Å². The third-order valence-corrected chi connectivity index (χ3v) is 5.08. The summed E-state index contributed by atoms with van der Waals surface area (Å²) < 4.78 is 34.1. The number of hydrogen-bond donors (Lipinski definition) is 0. The molecule has 21 heavy (non-hydrogen) atoms. The van der Waals surface area contributed by atoms with Crippen molar-refractivity contribution in [3.05, 3.63) is 17.5 Å². The second-order valence-corrected chi connectivity index (χ2v) is 6.75. The number of rotatable bonds is 3. The predicted octanol–water partition coefficient (Wildman–Crippen LogP) is 2.35. The molecule has 1 unspecified atom stereocenters. The fourth-order valence-electron chi connectivity index (χ4n) is 3.70. The van der Waals surface area contributed by atoms with Gasteiger partial charge in [0.15, 0.2) is 0 Å². The molecular formula is C15H21F2N3O. The molecule has 1 aliphatic carbocycles. The van der Waals surface area contributed by atoms with Gasteiger partial charge in [-0.1, -0.05) is 0 Å². The van der Waals surface area contributed by atoms with E-state index in [1.54, 1.807) is 0 Å². The normalized spacial score (nSPS) is 30.3. The van der Waals surface area contributed by atoms with Gasteiger partial charge in [0.05, 0.1) is 31.0 Å². The molecule has 6 heteroatoms. The number of likely N-dealkylation sites (tertiary alicyclic amines) is 1. The molecule has 0 amide bonds. The Morgan fingerprint density at radius 1 is 1.29 bits per heavy atom. The Kier molecular flexibility index (Phi) is 3.08. The zero-order valence-corrected chi connectivity index (χ0v) is 12.3. The van der Waals surface area contributed by atoms with Crippen LogP contribution in [-0.4, -0.2) is 52.9 Å². The largest absolute Gasteiger partial charge is 0.378 e. The van der Waals surface area contributed by atoms with Gasteiger partial charge >= 0.3 is 0 Å². The Labute approximate surface area is 123 Å². The Morgan fingerprint density at radius 2 is 2.05 bits per heavy atom. The molecule has 1 saturated carbocycles. The third-order valence-electron chi connectivity index (χ3n) is 5.08. The van der Waals surface area contributed by atoms with Gasteiger partial charge in [-0.05, 0) is 19.4 Å². The number of halogens is 2. The first-order valence-electron chi connectivity index (χ1n) is 7.77. The van der Waals surface area contributed by atoms with E-state index >= 15 is 0 Å². The molecular weight excluding hydrogens is 276 g/mol. The van der Waals surface area contributed by atoms with Gasteiger partial charge in [-0.3, -0.25) is 9.58 Å². The van der Waals surface area contributed by atoms with E-state index in [4.69, 9.17) is 4.74 Å². The van der Waals surface area contributed by atoms with Crippen molar-refractivity contribution in [2.45, 2.75) is 50.1 Å². The molecule has 1 aromatic heterocycles. The number of nitrogens with zero attached hydrogens (tertiary/aromatic N) is 3. The second-order valence-electron chi connectivity index (χ2n) is 6.75. The van der Waals surface area contributed by atoms with Crippen molar-refractivity contribution in [2.24, 2.45) is 0 Å². The maximum Gasteiger partial charge on any atom is 0.250 e. The zero-order chi connectivity index (χ0) is 14.6. The molecule has 0 radical (unpaired) electrons. The van der Waals surface area contributed by atoms with Gasteiger partial charge in [-0.25, -0.2) is 8.78 Å². The summed E-state index contributed by atoms with van der Waals surface area (Å²) in [6.07, 6.45) is 0.467. The molecule has 3 aliphatic rings. The number of ether oxygens (including phenoxy) is 1. The summed E-state index contributed by atoms with van der Waals surface area (Å²) >= 11 is 0. The highest BCUT2D eigenvalue weighted by molar-refractivity contribution is 5.19. The smallest absolute Gasteiger partial charge is 0.250 e. The van der Waals surface area contributed by atoms with Gasteiger partial charge in [-0.2, -0.15) is 5.10 Å². The highest BCUT2D eigenvalue weighted by atomic mass is 19.3. The van der Waals surface area contributed by atoms with Crippen LogP contribution in [0, 0.1) is 6.92 Å². The number of hydrogen-bond acceptors (Lipinski definition) is 3. The minimum atomic E-state index is -2.52. The molecule has 3 heterocycles. The van der Waals surface area contributed by atoms with Crippen LogP contribution in [0.15, 0.2) is 6.07 Å². The van der Waals surface area contributed by atoms with E-state index in [9.17, 15) is 8.78 Å². The average molecular weight is 297 g/mol. The molecule has 1 aromatic rings. The zero-order valence-electron chi connectivity index (χ0n) is 12.3. The molecule has 116 valence electrons. The minimum absolute atomic E-state index is 0.00772. The molecule has 4 rings (SSSR count). The number of aromatic nitrogens is 2. The maximum absolute atomic E-state index is 13.5. The van der Waals surface area contributed by atoms with Gasteiger partial charge in [0.25, 0.3) is 0 Å². The predicted molar refractivity (Wildman–Crippen MR) is 73.7 cm³/mol. The van der Waals surface area contributed by atoms with Crippen LogP contribution in [0.25, 0.3) is 0 Å². The second kappa shape index (κ2) is 4.74. The Hall–Kier alpha value is -1.01. The molecule has 0 N–H and O–H groups in total. The Bertz CT molecular complexity index is 535. The standard InChI is InChI=1S/C15H21F2N3O/c1-10-4-14(11-6-19(7-11)13-8-21-9-13)20(18-10)12-2-3-15(16,17)5-12/h4,11-13H,2-3,5-9H2,1H3. The van der Waals surface area contributed by atoms with E-state index in [-0.39, 0.29) is 18.9 Å². The van der Waals surface area contributed by atoms with Crippen molar-refractivity contribution >= 4 is 0 Å². The fraction of sp³-hybridized carbons (Fsp3) is 0.800. The monoisotopic (exact) mass is 297 g/mol. The minimum Gasteiger partial charge on any atom is -0.378 e. The van der Waals surface area contributed by atoms with E-state index in [1.165, 1.54) is 0 Å². The van der Waals surface area contributed by atoms with Crippen molar-refractivity contribution in [1.82, 2.24) is 14.7 Å². The lowest BCUT2D eigenvalue weighted by molar-refractivity contribution is -0.0914. The van der Waals surface area contributed by atoms with Crippen molar-refractivity contribution in [3.63, 3.8) is 0 Å². The molecule has 2 saturated heterocycles. The van der Waals surface area contributed by atoms with Crippen LogP contribution in [0.5, 0.6) is 0 Å². The molecule has 4 nitrogen and oxygen atoms in total. The van der Waals surface area contributed by atoms with Crippen molar-refractivity contribution in [3.8, 4) is 0 Å². The van der Waals surface area contributed by atoms with Crippen molar-refractivity contribution in [2.75, 3.05) is 26.3 Å². The van der Waals surface area contributed by atoms with Crippen LogP contribution in [0.1, 0.15) is 42.6 Å². The molecule has 0 bridgehead atoms. The topological polar surface area (TPSA) is 30.3 Å². The molecule has 1 atom stereocenters. The van der Waals surface area contributed by atoms with Crippen LogP contribution in [-0.2, 0) is 4.74 Å². The van der Waals surface area contributed by atoms with E-state index < -0.39 is 5.92 Å². The van der Waals surface area contributed by atoms with Crippen LogP contribution < -0.4 is 0 Å². The Balaban J connectivity index is 1.48. The van der Waals surface area contributed by atoms with Crippen LogP contribution >= 0.6 is 0 Å². The van der Waals surface area contributed by atoms with Gasteiger partial charge in [0, 0.05) is 37.5 Å². The van der Waals surface area contributed by atoms with E-state index in [2.05, 4.69) is 16.1 Å². The maximum atomic E-state index is 13.5. The van der Waals surface area contributed by atoms with E-state index in [0.29, 0.717) is 18.4 Å². The van der Waals surface area contributed by atoms with Crippen LogP contribution in [0.3, 0.4) is 0 Å². The summed E-state index contributed by atoms with van der Waals surface area (Å²) in [6, 6.07) is 2.51. The summed E-state index contributed by atoms with van der Waals surface area (Å²) in [5.74, 6) is -2.09. The van der Waals surface area contributed by atoms with Gasteiger partial charge < -0.3 is 4.74 Å². The highest BCUT2D eigenvalue weighted by Gasteiger charge is 2.43. The highest BCUT2D eigenvalue weighted by Crippen LogP contribution is 2.43. The van der Waals surface area contributed by atoms with E-state index in [1.807, 2.05) is 11.6 Å². The molecule has 3 fully saturated rings. The molecule has 0 spiro atoms. The summed E-state index contributed by atoms with van der Waals surface area (Å²) in [5.41, 5.74) is 2.08. The Morgan fingerprint density at radius 3 is 2.62 bits per heavy atom.